The summed E-state index contributed by atoms with van der Waals surface area (Å²) >= 11 is 0. The zero-order valence-electron chi connectivity index (χ0n) is 15.6. The molecule has 0 radical (unpaired) electrons. The molecule has 3 atom stereocenters. The predicted molar refractivity (Wildman–Crippen MR) is 93.1 cm³/mol. The van der Waals surface area contributed by atoms with Gasteiger partial charge in [-0.3, -0.25) is 4.84 Å². The largest absolute Gasteiger partial charge is 0.393 e. The van der Waals surface area contributed by atoms with E-state index in [9.17, 15) is 5.11 Å². The minimum Gasteiger partial charge on any atom is -0.393 e. The van der Waals surface area contributed by atoms with E-state index in [1.54, 1.807) is 6.92 Å². The van der Waals surface area contributed by atoms with Crippen molar-refractivity contribution < 1.29 is 24.5 Å². The van der Waals surface area contributed by atoms with E-state index in [0.29, 0.717) is 18.4 Å². The van der Waals surface area contributed by atoms with Crippen LogP contribution in [-0.4, -0.2) is 48.7 Å². The monoisotopic (exact) mass is 347 g/mol. The third-order valence-electron chi connectivity index (χ3n) is 4.49. The van der Waals surface area contributed by atoms with Crippen molar-refractivity contribution in [2.45, 2.75) is 84.4 Å². The van der Waals surface area contributed by atoms with Crippen LogP contribution in [0.4, 0.5) is 0 Å². The molecule has 1 rings (SSSR count). The lowest BCUT2D eigenvalue weighted by molar-refractivity contribution is -0.177. The Labute approximate surface area is 146 Å². The van der Waals surface area contributed by atoms with Crippen LogP contribution in [0.1, 0.15) is 65.7 Å². The van der Waals surface area contributed by atoms with Gasteiger partial charge < -0.3 is 19.7 Å². The first-order chi connectivity index (χ1) is 11.5. The van der Waals surface area contributed by atoms with E-state index >= 15 is 0 Å². The maximum Gasteiger partial charge on any atom is 0.174 e. The summed E-state index contributed by atoms with van der Waals surface area (Å²) in [4.78, 5) is 5.44. The van der Waals surface area contributed by atoms with Gasteiger partial charge >= 0.3 is 0 Å². The van der Waals surface area contributed by atoms with Gasteiger partial charge in [-0.2, -0.15) is 5.48 Å². The molecule has 1 aliphatic carbocycles. The number of aliphatic hydroxyl groups is 2. The second-order valence-electron chi connectivity index (χ2n) is 7.06. The van der Waals surface area contributed by atoms with Crippen molar-refractivity contribution in [2.24, 2.45) is 11.8 Å². The second-order valence-corrected chi connectivity index (χ2v) is 7.06. The maximum absolute atomic E-state index is 9.46. The van der Waals surface area contributed by atoms with E-state index in [1.807, 2.05) is 13.8 Å². The van der Waals surface area contributed by atoms with Crippen LogP contribution in [0, 0.1) is 11.8 Å². The molecule has 24 heavy (non-hydrogen) atoms. The van der Waals surface area contributed by atoms with E-state index in [-0.39, 0.29) is 12.4 Å². The highest BCUT2D eigenvalue weighted by Gasteiger charge is 2.22. The zero-order valence-corrected chi connectivity index (χ0v) is 15.6. The van der Waals surface area contributed by atoms with Gasteiger partial charge in [-0.1, -0.05) is 12.8 Å². The number of aliphatic hydroxyl groups excluding tert-OH is 2. The van der Waals surface area contributed by atoms with Crippen molar-refractivity contribution in [3.8, 4) is 0 Å². The molecule has 0 bridgehead atoms. The van der Waals surface area contributed by atoms with Gasteiger partial charge in [0, 0.05) is 13.2 Å². The van der Waals surface area contributed by atoms with Crippen molar-refractivity contribution in [1.29, 1.82) is 0 Å². The molecule has 6 heteroatoms. The molecular weight excluding hydrogens is 310 g/mol. The van der Waals surface area contributed by atoms with E-state index < -0.39 is 6.29 Å². The molecule has 0 saturated heterocycles. The molecule has 3 N–H and O–H groups in total. The smallest absolute Gasteiger partial charge is 0.174 e. The Hall–Kier alpha value is -0.240. The van der Waals surface area contributed by atoms with Gasteiger partial charge in [0.15, 0.2) is 12.6 Å². The average Bonchev–Trinajstić information content (AvgIpc) is 2.52. The van der Waals surface area contributed by atoms with Crippen molar-refractivity contribution in [1.82, 2.24) is 5.48 Å². The fraction of sp³-hybridized carbons (Fsp3) is 1.00. The molecule has 0 aromatic carbocycles. The summed E-state index contributed by atoms with van der Waals surface area (Å²) < 4.78 is 10.8. The lowest BCUT2D eigenvalue weighted by Gasteiger charge is -2.29. The average molecular weight is 347 g/mol. The van der Waals surface area contributed by atoms with E-state index in [1.165, 1.54) is 25.7 Å². The Bertz CT molecular complexity index is 293. The molecule has 1 fully saturated rings. The SMILES string of the molecule is CC(O)OCCCCNOC(C)OCC1CCC(C[C@@H](C)O)CC1. The summed E-state index contributed by atoms with van der Waals surface area (Å²) in [6, 6.07) is 0. The molecular formula is C18H37NO5. The lowest BCUT2D eigenvalue weighted by Crippen LogP contribution is -2.28. The second kappa shape index (κ2) is 13.0. The predicted octanol–water partition coefficient (Wildman–Crippen LogP) is 2.58. The van der Waals surface area contributed by atoms with Crippen LogP contribution in [0.5, 0.6) is 0 Å². The summed E-state index contributed by atoms with van der Waals surface area (Å²) in [6.45, 7) is 7.43. The van der Waals surface area contributed by atoms with Gasteiger partial charge in [-0.05, 0) is 64.7 Å². The molecule has 144 valence electrons. The van der Waals surface area contributed by atoms with Crippen LogP contribution >= 0.6 is 0 Å². The lowest BCUT2D eigenvalue weighted by atomic mass is 9.80. The normalized spacial score (nSPS) is 25.4. The van der Waals surface area contributed by atoms with Gasteiger partial charge in [0.25, 0.3) is 0 Å². The Morgan fingerprint density at radius 2 is 1.62 bits per heavy atom. The van der Waals surface area contributed by atoms with Gasteiger partial charge in [-0.15, -0.1) is 0 Å². The molecule has 0 aliphatic heterocycles. The van der Waals surface area contributed by atoms with Crippen LogP contribution in [0.3, 0.4) is 0 Å². The number of ether oxygens (including phenoxy) is 2. The first-order valence-corrected chi connectivity index (χ1v) is 9.45. The van der Waals surface area contributed by atoms with Crippen LogP contribution in [-0.2, 0) is 14.3 Å². The van der Waals surface area contributed by atoms with E-state index in [2.05, 4.69) is 5.48 Å². The molecule has 0 aromatic heterocycles. The van der Waals surface area contributed by atoms with Gasteiger partial charge in [0.05, 0.1) is 12.7 Å². The number of hydrogen-bond donors (Lipinski definition) is 3. The van der Waals surface area contributed by atoms with Crippen molar-refractivity contribution in [3.63, 3.8) is 0 Å². The minimum atomic E-state index is -0.690. The van der Waals surface area contributed by atoms with E-state index in [4.69, 9.17) is 19.4 Å². The minimum absolute atomic E-state index is 0.180. The first kappa shape index (κ1) is 21.8. The number of hydrogen-bond acceptors (Lipinski definition) is 6. The third-order valence-corrected chi connectivity index (χ3v) is 4.49. The molecule has 0 amide bonds. The molecule has 0 aromatic rings. The highest BCUT2D eigenvalue weighted by Crippen LogP contribution is 2.31. The summed E-state index contributed by atoms with van der Waals surface area (Å²) in [5, 5.41) is 18.4. The Morgan fingerprint density at radius 1 is 0.958 bits per heavy atom. The fourth-order valence-corrected chi connectivity index (χ4v) is 3.15. The maximum atomic E-state index is 9.46. The summed E-state index contributed by atoms with van der Waals surface area (Å²) in [5.41, 5.74) is 2.92. The van der Waals surface area contributed by atoms with Crippen LogP contribution < -0.4 is 5.48 Å². The van der Waals surface area contributed by atoms with Crippen molar-refractivity contribution >= 4 is 0 Å². The molecule has 1 saturated carbocycles. The number of unbranched alkanes of at least 4 members (excludes halogenated alkanes) is 1. The van der Waals surface area contributed by atoms with E-state index in [0.717, 1.165) is 32.4 Å². The van der Waals surface area contributed by atoms with Gasteiger partial charge in [0.2, 0.25) is 0 Å². The highest BCUT2D eigenvalue weighted by molar-refractivity contribution is 4.73. The Morgan fingerprint density at radius 3 is 2.25 bits per heavy atom. The van der Waals surface area contributed by atoms with Gasteiger partial charge in [0.1, 0.15) is 0 Å². The molecule has 2 unspecified atom stereocenters. The summed E-state index contributed by atoms with van der Waals surface area (Å²) in [5.74, 6) is 1.29. The standard InChI is InChI=1S/C18H37NO5/c1-14(20)12-17-6-8-18(9-7-17)13-23-16(3)24-19-10-4-5-11-22-15(2)21/h14-21H,4-13H2,1-3H3/t14-,15?,16?,17?,18?/m1/s1. The van der Waals surface area contributed by atoms with Gasteiger partial charge in [-0.25, -0.2) is 0 Å². The highest BCUT2D eigenvalue weighted by atomic mass is 16.8. The van der Waals surface area contributed by atoms with Crippen molar-refractivity contribution in [3.05, 3.63) is 0 Å². The topological polar surface area (TPSA) is 80.2 Å². The number of nitrogens with one attached hydrogen (secondary N) is 1. The van der Waals surface area contributed by atoms with Crippen LogP contribution in [0.25, 0.3) is 0 Å². The molecule has 6 nitrogen and oxygen atoms in total. The first-order valence-electron chi connectivity index (χ1n) is 9.45. The quantitative estimate of drug-likeness (QED) is 0.270. The number of rotatable bonds is 13. The third kappa shape index (κ3) is 11.3. The van der Waals surface area contributed by atoms with Crippen molar-refractivity contribution in [2.75, 3.05) is 19.8 Å². The summed E-state index contributed by atoms with van der Waals surface area (Å²) in [7, 11) is 0. The molecule has 1 aliphatic rings. The zero-order chi connectivity index (χ0) is 17.8. The molecule has 0 heterocycles. The Balaban J connectivity index is 1.94. The Kier molecular flexibility index (Phi) is 11.8. The summed E-state index contributed by atoms with van der Waals surface area (Å²) in [6.07, 6.45) is 6.36. The molecule has 0 spiro atoms. The number of hydroxylamine groups is 1. The van der Waals surface area contributed by atoms with Crippen LogP contribution in [0.15, 0.2) is 0 Å². The van der Waals surface area contributed by atoms with Crippen LogP contribution in [0.2, 0.25) is 0 Å². The fourth-order valence-electron chi connectivity index (χ4n) is 3.15.